The summed E-state index contributed by atoms with van der Waals surface area (Å²) in [5, 5.41) is -0.774. The Hall–Kier alpha value is -0.0794. The Morgan fingerprint density at radius 2 is 1.64 bits per heavy atom. The van der Waals surface area contributed by atoms with E-state index in [1.54, 1.807) is 0 Å². The number of halogens is 1. The quantitative estimate of drug-likeness (QED) is 0.430. The van der Waals surface area contributed by atoms with E-state index in [1.807, 2.05) is 18.2 Å². The van der Waals surface area contributed by atoms with Crippen molar-refractivity contribution in [3.63, 3.8) is 0 Å². The second-order valence-corrected chi connectivity index (χ2v) is 18.2. The first-order valence-corrected chi connectivity index (χ1v) is 16.7. The summed E-state index contributed by atoms with van der Waals surface area (Å²) < 4.78 is 12.7. The van der Waals surface area contributed by atoms with Crippen LogP contribution in [-0.2, 0) is 9.49 Å². The molecule has 1 aromatic carbocycles. The van der Waals surface area contributed by atoms with Gasteiger partial charge in [0.1, 0.15) is 5.75 Å². The molecule has 1 unspecified atom stereocenters. The van der Waals surface area contributed by atoms with Crippen molar-refractivity contribution in [1.29, 1.82) is 0 Å². The van der Waals surface area contributed by atoms with E-state index in [0.717, 1.165) is 33.3 Å². The van der Waals surface area contributed by atoms with Gasteiger partial charge in [-0.05, 0) is 51.8 Å². The Kier molecular flexibility index (Phi) is 6.95. The van der Waals surface area contributed by atoms with E-state index in [2.05, 4.69) is 51.9 Å². The summed E-state index contributed by atoms with van der Waals surface area (Å²) in [4.78, 5) is 0. The van der Waals surface area contributed by atoms with Crippen LogP contribution in [0, 0.1) is 0 Å². The molecular weight excluding hydrogens is 344 g/mol. The number of hydrogen-bond donors (Lipinski definition) is 0. The fourth-order valence-corrected chi connectivity index (χ4v) is 5.93. The first-order valence-electron chi connectivity index (χ1n) is 7.79. The normalized spacial score (nSPS) is 15.5. The molecule has 22 heavy (non-hydrogen) atoms. The van der Waals surface area contributed by atoms with Crippen LogP contribution in [0.4, 0.5) is 0 Å². The van der Waals surface area contributed by atoms with Gasteiger partial charge in [0, 0.05) is 15.1 Å². The predicted octanol–water partition coefficient (Wildman–Crippen LogP) is 5.70. The number of hydrogen-bond acceptors (Lipinski definition) is 2. The van der Waals surface area contributed by atoms with Gasteiger partial charge in [0.2, 0.25) is 8.32 Å². The van der Waals surface area contributed by atoms with Crippen LogP contribution < -0.4 is 4.43 Å². The van der Waals surface area contributed by atoms with E-state index in [1.165, 1.54) is 0 Å². The Morgan fingerprint density at radius 1 is 1.05 bits per heavy atom. The van der Waals surface area contributed by atoms with Crippen LogP contribution in [0.1, 0.15) is 12.0 Å². The van der Waals surface area contributed by atoms with Gasteiger partial charge < -0.3 is 8.85 Å². The van der Waals surface area contributed by atoms with Crippen molar-refractivity contribution in [2.45, 2.75) is 63.4 Å². The molecule has 0 saturated carbocycles. The van der Waals surface area contributed by atoms with Crippen molar-refractivity contribution in [2.75, 3.05) is 0 Å². The molecule has 0 aromatic heterocycles. The summed E-state index contributed by atoms with van der Waals surface area (Å²) in [6.07, 6.45) is 0.819. The zero-order valence-corrected chi connectivity index (χ0v) is 18.7. The maximum absolute atomic E-state index is 7.01. The van der Waals surface area contributed by atoms with E-state index in [0.29, 0.717) is 0 Å². The van der Waals surface area contributed by atoms with Gasteiger partial charge in [0.05, 0.1) is 0 Å². The van der Waals surface area contributed by atoms with Crippen molar-refractivity contribution >= 4 is 37.8 Å². The maximum Gasteiger partial charge on any atom is 0.242 e. The molecule has 0 saturated heterocycles. The lowest BCUT2D eigenvalue weighted by atomic mass is 10.1. The molecule has 2 nitrogen and oxygen atoms in total. The van der Waals surface area contributed by atoms with Gasteiger partial charge in [0.15, 0.2) is 13.4 Å². The van der Waals surface area contributed by atoms with Crippen LogP contribution in [0.2, 0.25) is 51.9 Å². The highest BCUT2D eigenvalue weighted by Crippen LogP contribution is 2.43. The number of alkyl halides is 1. The van der Waals surface area contributed by atoms with Crippen LogP contribution in [0.5, 0.6) is 5.75 Å². The third-order valence-electron chi connectivity index (χ3n) is 2.87. The number of rotatable bonds is 8. The van der Waals surface area contributed by atoms with E-state index in [9.17, 15) is 0 Å². The third kappa shape index (κ3) is 6.58. The SMILES string of the molecule is C[Si]CCC(Cl)(O[Si](C)(C)C)c1ccccc1O[Si](C)(C)C. The Morgan fingerprint density at radius 3 is 2.14 bits per heavy atom. The van der Waals surface area contributed by atoms with Crippen LogP contribution in [0.3, 0.4) is 0 Å². The Labute approximate surface area is 145 Å². The molecule has 0 amide bonds. The van der Waals surface area contributed by atoms with E-state index < -0.39 is 21.7 Å². The van der Waals surface area contributed by atoms with Gasteiger partial charge in [-0.2, -0.15) is 0 Å². The lowest BCUT2D eigenvalue weighted by Gasteiger charge is -2.36. The maximum atomic E-state index is 7.01. The van der Waals surface area contributed by atoms with Crippen molar-refractivity contribution < 1.29 is 8.85 Å². The molecule has 0 N–H and O–H groups in total. The first kappa shape index (κ1) is 20.0. The molecule has 0 aliphatic carbocycles. The smallest absolute Gasteiger partial charge is 0.242 e. The minimum atomic E-state index is -1.78. The zero-order valence-electron chi connectivity index (χ0n) is 14.9. The molecule has 0 heterocycles. The topological polar surface area (TPSA) is 18.5 Å². The molecule has 1 aromatic rings. The van der Waals surface area contributed by atoms with Gasteiger partial charge >= 0.3 is 0 Å². The third-order valence-corrected chi connectivity index (χ3v) is 6.01. The summed E-state index contributed by atoms with van der Waals surface area (Å²) in [6.45, 7) is 15.3. The lowest BCUT2D eigenvalue weighted by Crippen LogP contribution is -2.38. The molecule has 2 radical (unpaired) electrons. The van der Waals surface area contributed by atoms with Crippen molar-refractivity contribution in [3.05, 3.63) is 29.8 Å². The molecule has 124 valence electrons. The van der Waals surface area contributed by atoms with Gasteiger partial charge in [-0.1, -0.05) is 42.4 Å². The predicted molar refractivity (Wildman–Crippen MR) is 103 cm³/mol. The highest BCUT2D eigenvalue weighted by molar-refractivity contribution is 6.70. The second-order valence-electron chi connectivity index (χ2n) is 7.51. The monoisotopic (exact) mass is 372 g/mol. The highest BCUT2D eigenvalue weighted by atomic mass is 35.5. The average Bonchev–Trinajstić information content (AvgIpc) is 2.33. The average molecular weight is 373 g/mol. The minimum absolute atomic E-state index is 0.774. The Balaban J connectivity index is 3.24. The highest BCUT2D eigenvalue weighted by Gasteiger charge is 2.38. The van der Waals surface area contributed by atoms with E-state index in [4.69, 9.17) is 20.5 Å². The first-order chi connectivity index (χ1) is 9.97. The van der Waals surface area contributed by atoms with Crippen molar-refractivity contribution in [1.82, 2.24) is 0 Å². The second kappa shape index (κ2) is 7.66. The van der Waals surface area contributed by atoms with Crippen molar-refractivity contribution in [2.24, 2.45) is 0 Å². The minimum Gasteiger partial charge on any atom is -0.544 e. The molecule has 6 heteroatoms. The van der Waals surface area contributed by atoms with Gasteiger partial charge in [-0.25, -0.2) is 0 Å². The summed E-state index contributed by atoms with van der Waals surface area (Å²) in [5.41, 5.74) is 0.986. The van der Waals surface area contributed by atoms with Crippen LogP contribution in [-0.4, -0.2) is 26.2 Å². The molecule has 0 spiro atoms. The molecule has 0 fully saturated rings. The number of para-hydroxylation sites is 1. The van der Waals surface area contributed by atoms with Crippen molar-refractivity contribution in [3.8, 4) is 5.75 Å². The zero-order chi connectivity index (χ0) is 17.0. The number of benzene rings is 1. The van der Waals surface area contributed by atoms with E-state index in [-0.39, 0.29) is 0 Å². The largest absolute Gasteiger partial charge is 0.544 e. The molecule has 0 aliphatic heterocycles. The fourth-order valence-electron chi connectivity index (χ4n) is 2.21. The summed E-state index contributed by atoms with van der Waals surface area (Å²) in [6, 6.07) is 9.17. The van der Waals surface area contributed by atoms with E-state index >= 15 is 0 Å². The van der Waals surface area contributed by atoms with Gasteiger partial charge in [-0.15, -0.1) is 0 Å². The molecular formula is C16H29ClO2Si3. The summed E-state index contributed by atoms with van der Waals surface area (Å²) in [5.74, 6) is 0.884. The molecule has 1 atom stereocenters. The fraction of sp³-hybridized carbons (Fsp3) is 0.625. The van der Waals surface area contributed by atoms with Crippen LogP contribution in [0.25, 0.3) is 0 Å². The summed E-state index contributed by atoms with van der Waals surface area (Å²) >= 11 is 7.01. The van der Waals surface area contributed by atoms with Gasteiger partial charge in [0.25, 0.3) is 0 Å². The van der Waals surface area contributed by atoms with Crippen LogP contribution >= 0.6 is 11.6 Å². The molecule has 0 bridgehead atoms. The molecule has 0 aliphatic rings. The van der Waals surface area contributed by atoms with Crippen LogP contribution in [0.15, 0.2) is 24.3 Å². The summed E-state index contributed by atoms with van der Waals surface area (Å²) in [7, 11) is -2.61. The molecule has 1 rings (SSSR count). The lowest BCUT2D eigenvalue weighted by molar-refractivity contribution is 0.143. The van der Waals surface area contributed by atoms with Gasteiger partial charge in [-0.3, -0.25) is 0 Å². The standard InChI is InChI=1S/C16H29ClO2Si3/c1-20-13-12-16(17,19-22(5,6)7)14-10-8-9-11-15(14)18-21(2,3)4/h8-11H,12-13H2,1-7H3. The Bertz CT molecular complexity index is 483.